The minimum Gasteiger partial charge on any atom is -0.355 e. The summed E-state index contributed by atoms with van der Waals surface area (Å²) in [5, 5.41) is 9.70. The molecule has 1 amide bonds. The number of carbonyl (C=O) groups excluding carboxylic acids is 1. The number of anilines is 1. The van der Waals surface area contributed by atoms with E-state index in [2.05, 4.69) is 29.8 Å². The number of pyridine rings is 1. The van der Waals surface area contributed by atoms with Crippen LogP contribution in [0.3, 0.4) is 0 Å². The van der Waals surface area contributed by atoms with Crippen LogP contribution in [0.1, 0.15) is 87.8 Å². The zero-order chi connectivity index (χ0) is 27.7. The molecule has 0 atom stereocenters. The molecule has 38 heavy (non-hydrogen) atoms. The van der Waals surface area contributed by atoms with Crippen LogP contribution in [0, 0.1) is 18.3 Å². The number of nitriles is 1. The quantitative estimate of drug-likeness (QED) is 0.182. The molecule has 0 saturated carbocycles. The fourth-order valence-corrected chi connectivity index (χ4v) is 6.48. The van der Waals surface area contributed by atoms with E-state index in [9.17, 15) is 14.9 Å². The lowest BCUT2D eigenvalue weighted by molar-refractivity contribution is -0.122. The lowest BCUT2D eigenvalue weighted by Gasteiger charge is -2.36. The largest absolute Gasteiger partial charge is 0.355 e. The molecule has 0 aliphatic carbocycles. The third kappa shape index (κ3) is 7.49. The minimum atomic E-state index is -0.301. The van der Waals surface area contributed by atoms with Crippen molar-refractivity contribution in [1.29, 1.82) is 5.26 Å². The van der Waals surface area contributed by atoms with E-state index in [4.69, 9.17) is 12.2 Å². The number of piperazine rings is 1. The van der Waals surface area contributed by atoms with E-state index in [0.717, 1.165) is 50.4 Å². The topological polar surface area (TPSA) is 72.6 Å². The maximum Gasteiger partial charge on any atom is 0.270 e. The Kier molecular flexibility index (Phi) is 11.9. The molecule has 2 saturated heterocycles. The van der Waals surface area contributed by atoms with E-state index in [-0.39, 0.29) is 17.0 Å². The second kappa shape index (κ2) is 14.9. The number of amides is 1. The number of carbonyl (C=O) groups is 1. The molecule has 2 fully saturated rings. The molecular weight excluding hydrogens is 514 g/mol. The molecule has 2 aliphatic heterocycles. The number of hydrogen-bond acceptors (Lipinski definition) is 7. The van der Waals surface area contributed by atoms with E-state index in [1.165, 1.54) is 63.1 Å². The summed E-state index contributed by atoms with van der Waals surface area (Å²) >= 11 is 6.90. The predicted octanol–water partition coefficient (Wildman–Crippen LogP) is 5.44. The van der Waals surface area contributed by atoms with Gasteiger partial charge in [0.2, 0.25) is 0 Å². The van der Waals surface area contributed by atoms with Gasteiger partial charge in [0.15, 0.2) is 0 Å². The van der Waals surface area contributed by atoms with Gasteiger partial charge in [0.25, 0.3) is 11.5 Å². The third-order valence-corrected chi connectivity index (χ3v) is 9.03. The summed E-state index contributed by atoms with van der Waals surface area (Å²) in [7, 11) is 3.80. The maximum atomic E-state index is 13.4. The summed E-state index contributed by atoms with van der Waals surface area (Å²) in [5.74, 6) is 0.687. The zero-order valence-corrected chi connectivity index (χ0v) is 25.2. The smallest absolute Gasteiger partial charge is 0.270 e. The summed E-state index contributed by atoms with van der Waals surface area (Å²) < 4.78 is 2.15. The number of hydrogen-bond donors (Lipinski definition) is 0. The van der Waals surface area contributed by atoms with Gasteiger partial charge in [-0.25, -0.2) is 0 Å². The Bertz CT molecular complexity index is 1130. The number of nitrogens with zero attached hydrogens (tertiary/aromatic N) is 5. The Hall–Kier alpha value is -2.15. The Morgan fingerprint density at radius 3 is 2.11 bits per heavy atom. The minimum absolute atomic E-state index is 0.0768. The monoisotopic (exact) mass is 557 g/mol. The lowest BCUT2D eigenvalue weighted by atomic mass is 10.0. The highest BCUT2D eigenvalue weighted by molar-refractivity contribution is 8.26. The molecule has 3 heterocycles. The van der Waals surface area contributed by atoms with Crippen molar-refractivity contribution in [3.8, 4) is 6.07 Å². The molecule has 0 radical (unpaired) electrons. The molecule has 0 N–H and O–H groups in total. The van der Waals surface area contributed by atoms with Crippen molar-refractivity contribution in [2.45, 2.75) is 78.1 Å². The van der Waals surface area contributed by atoms with Gasteiger partial charge in [0, 0.05) is 45.3 Å². The standard InChI is InChI=1S/C29H43N5O2S2/c1-5-6-7-8-9-10-11-12-13-14-15-34-28(36)25(38-29(34)37)20-23-22(2)24(21-30)27(35)32(4)26(23)33-18-16-31(3)17-19-33/h20H,5-19H2,1-4H3/b25-20+. The van der Waals surface area contributed by atoms with Gasteiger partial charge >= 0.3 is 0 Å². The van der Waals surface area contributed by atoms with Gasteiger partial charge < -0.3 is 9.80 Å². The van der Waals surface area contributed by atoms with Gasteiger partial charge in [0.1, 0.15) is 21.8 Å². The highest BCUT2D eigenvalue weighted by Crippen LogP contribution is 2.36. The highest BCUT2D eigenvalue weighted by atomic mass is 32.2. The van der Waals surface area contributed by atoms with E-state index in [1.54, 1.807) is 23.4 Å². The number of likely N-dealkylation sites (N-methyl/N-ethyl adjacent to an activating group) is 1. The molecule has 2 aliphatic rings. The molecule has 0 spiro atoms. The van der Waals surface area contributed by atoms with E-state index in [1.807, 2.05) is 6.08 Å². The number of thiocarbonyl (C=S) groups is 1. The summed E-state index contributed by atoms with van der Waals surface area (Å²) in [5.41, 5.74) is 1.19. The second-order valence-electron chi connectivity index (χ2n) is 10.5. The first-order valence-electron chi connectivity index (χ1n) is 14.1. The molecule has 3 rings (SSSR count). The van der Waals surface area contributed by atoms with Crippen molar-refractivity contribution < 1.29 is 4.79 Å². The lowest BCUT2D eigenvalue weighted by Crippen LogP contribution is -2.46. The summed E-state index contributed by atoms with van der Waals surface area (Å²) in [6.45, 7) is 8.00. The first kappa shape index (κ1) is 30.4. The van der Waals surface area contributed by atoms with E-state index >= 15 is 0 Å². The first-order valence-corrected chi connectivity index (χ1v) is 15.3. The molecule has 208 valence electrons. The second-order valence-corrected chi connectivity index (χ2v) is 12.2. The van der Waals surface area contributed by atoms with Crippen LogP contribution >= 0.6 is 24.0 Å². The third-order valence-electron chi connectivity index (χ3n) is 7.66. The Balaban J connectivity index is 1.69. The van der Waals surface area contributed by atoms with Crippen LogP contribution in [0.5, 0.6) is 0 Å². The predicted molar refractivity (Wildman–Crippen MR) is 163 cm³/mol. The number of thioether (sulfide) groups is 1. The van der Waals surface area contributed by atoms with Gasteiger partial charge in [0.05, 0.1) is 4.91 Å². The molecule has 1 aromatic rings. The molecule has 0 bridgehead atoms. The zero-order valence-electron chi connectivity index (χ0n) is 23.6. The fourth-order valence-electron chi connectivity index (χ4n) is 5.19. The van der Waals surface area contributed by atoms with Crippen molar-refractivity contribution in [2.24, 2.45) is 7.05 Å². The maximum absolute atomic E-state index is 13.4. The van der Waals surface area contributed by atoms with Crippen LogP contribution in [0.25, 0.3) is 6.08 Å². The summed E-state index contributed by atoms with van der Waals surface area (Å²) in [4.78, 5) is 33.0. The number of unbranched alkanes of at least 4 members (excludes halogenated alkanes) is 9. The van der Waals surface area contributed by atoms with Gasteiger partial charge in [-0.2, -0.15) is 5.26 Å². The molecule has 0 aromatic carbocycles. The van der Waals surface area contributed by atoms with Crippen molar-refractivity contribution in [3.05, 3.63) is 31.9 Å². The number of rotatable bonds is 13. The van der Waals surface area contributed by atoms with Crippen molar-refractivity contribution >= 4 is 46.1 Å². The Labute approximate surface area is 237 Å². The van der Waals surface area contributed by atoms with Crippen molar-refractivity contribution in [3.63, 3.8) is 0 Å². The van der Waals surface area contributed by atoms with Gasteiger partial charge in [-0.15, -0.1) is 0 Å². The van der Waals surface area contributed by atoms with Crippen LogP contribution in [0.4, 0.5) is 5.82 Å². The average molecular weight is 558 g/mol. The van der Waals surface area contributed by atoms with Crippen molar-refractivity contribution in [2.75, 3.05) is 44.7 Å². The van der Waals surface area contributed by atoms with Crippen molar-refractivity contribution in [1.82, 2.24) is 14.4 Å². The fraction of sp³-hybridized carbons (Fsp3) is 0.655. The van der Waals surface area contributed by atoms with E-state index in [0.29, 0.717) is 21.3 Å². The normalized spacial score (nSPS) is 17.6. The van der Waals surface area contributed by atoms with Crippen LogP contribution in [-0.2, 0) is 11.8 Å². The average Bonchev–Trinajstić information content (AvgIpc) is 3.17. The summed E-state index contributed by atoms with van der Waals surface area (Å²) in [6, 6.07) is 2.08. The van der Waals surface area contributed by atoms with Gasteiger partial charge in [-0.1, -0.05) is 88.7 Å². The summed E-state index contributed by atoms with van der Waals surface area (Å²) in [6.07, 6.45) is 14.3. The molecule has 0 unspecified atom stereocenters. The molecule has 1 aromatic heterocycles. The van der Waals surface area contributed by atoms with Gasteiger partial charge in [-0.3, -0.25) is 19.1 Å². The van der Waals surface area contributed by atoms with Crippen LogP contribution in [-0.4, -0.2) is 64.4 Å². The van der Waals surface area contributed by atoms with E-state index < -0.39 is 0 Å². The Morgan fingerprint density at radius 2 is 1.53 bits per heavy atom. The van der Waals surface area contributed by atoms with Crippen LogP contribution in [0.15, 0.2) is 9.70 Å². The van der Waals surface area contributed by atoms with Gasteiger partial charge in [-0.05, 0) is 32.0 Å². The SMILES string of the molecule is CCCCCCCCCCCCN1C(=O)/C(=C\c2c(C)c(C#N)c(=O)n(C)c2N2CCN(C)CC2)SC1=S. The molecule has 9 heteroatoms. The number of aromatic nitrogens is 1. The highest BCUT2D eigenvalue weighted by Gasteiger charge is 2.33. The first-order chi connectivity index (χ1) is 18.3. The molecular formula is C29H43N5O2S2. The van der Waals surface area contributed by atoms with Crippen LogP contribution in [0.2, 0.25) is 0 Å². The van der Waals surface area contributed by atoms with Crippen LogP contribution < -0.4 is 10.5 Å². The Morgan fingerprint density at radius 1 is 0.947 bits per heavy atom. The molecule has 7 nitrogen and oxygen atoms in total.